The van der Waals surface area contributed by atoms with Crippen LogP contribution in [-0.2, 0) is 6.42 Å². The summed E-state index contributed by atoms with van der Waals surface area (Å²) in [5.41, 5.74) is 13.7. The van der Waals surface area contributed by atoms with E-state index in [0.717, 1.165) is 17.7 Å². The Hall–Kier alpha value is -1.84. The van der Waals surface area contributed by atoms with Gasteiger partial charge in [0.25, 0.3) is 0 Å². The number of nitrogens with zero attached hydrogens (tertiary/aromatic N) is 2. The molecule has 0 aliphatic carbocycles. The van der Waals surface area contributed by atoms with Crippen LogP contribution in [0.5, 0.6) is 0 Å². The van der Waals surface area contributed by atoms with Crippen molar-refractivity contribution in [3.8, 4) is 0 Å². The van der Waals surface area contributed by atoms with Gasteiger partial charge in [0.15, 0.2) is 0 Å². The van der Waals surface area contributed by atoms with Crippen molar-refractivity contribution in [2.45, 2.75) is 52.4 Å². The van der Waals surface area contributed by atoms with Gasteiger partial charge >= 0.3 is 0 Å². The first kappa shape index (κ1) is 16.2. The highest BCUT2D eigenvalue weighted by Crippen LogP contribution is 2.11. The van der Waals surface area contributed by atoms with Gasteiger partial charge in [0.2, 0.25) is 5.96 Å². The van der Waals surface area contributed by atoms with Gasteiger partial charge in [-0.25, -0.2) is 0 Å². The highest BCUT2D eigenvalue weighted by Gasteiger charge is 1.99. The SMILES string of the molecule is CCCCCCCc1ccc(/C(C)=N/N=C(N)N)cc1. The smallest absolute Gasteiger partial charge is 0.211 e. The topological polar surface area (TPSA) is 76.8 Å². The van der Waals surface area contributed by atoms with Crippen LogP contribution in [0.2, 0.25) is 0 Å². The number of benzene rings is 1. The summed E-state index contributed by atoms with van der Waals surface area (Å²) in [7, 11) is 0. The molecule has 20 heavy (non-hydrogen) atoms. The van der Waals surface area contributed by atoms with E-state index >= 15 is 0 Å². The van der Waals surface area contributed by atoms with Crippen molar-refractivity contribution in [1.29, 1.82) is 0 Å². The molecule has 0 atom stereocenters. The quantitative estimate of drug-likeness (QED) is 0.330. The van der Waals surface area contributed by atoms with Crippen molar-refractivity contribution >= 4 is 11.7 Å². The molecule has 0 aliphatic heterocycles. The normalized spacial score (nSPS) is 11.4. The molecular formula is C16H26N4. The molecular weight excluding hydrogens is 248 g/mol. The van der Waals surface area contributed by atoms with Crippen LogP contribution >= 0.6 is 0 Å². The van der Waals surface area contributed by atoms with Gasteiger partial charge in [-0.1, -0.05) is 56.9 Å². The molecule has 0 amide bonds. The average Bonchev–Trinajstić information content (AvgIpc) is 2.45. The molecule has 0 heterocycles. The second-order valence-electron chi connectivity index (χ2n) is 5.07. The molecule has 0 fully saturated rings. The molecule has 4 N–H and O–H groups in total. The van der Waals surface area contributed by atoms with E-state index in [2.05, 4.69) is 41.4 Å². The summed E-state index contributed by atoms with van der Waals surface area (Å²) < 4.78 is 0. The summed E-state index contributed by atoms with van der Waals surface area (Å²) in [6, 6.07) is 8.46. The van der Waals surface area contributed by atoms with Gasteiger partial charge in [-0.15, -0.1) is 5.10 Å². The maximum atomic E-state index is 5.25. The fourth-order valence-corrected chi connectivity index (χ4v) is 2.04. The number of hydrogen-bond donors (Lipinski definition) is 2. The van der Waals surface area contributed by atoms with E-state index in [1.165, 1.54) is 37.7 Å². The standard InChI is InChI=1S/C16H26N4/c1-3-4-5-6-7-8-14-9-11-15(12-10-14)13(2)19-20-16(17)18/h9-12H,3-8H2,1-2H3,(H4,17,18,20)/b19-13+. The molecule has 4 nitrogen and oxygen atoms in total. The van der Waals surface area contributed by atoms with Crippen molar-refractivity contribution in [3.63, 3.8) is 0 Å². The third-order valence-corrected chi connectivity index (χ3v) is 3.26. The Balaban J connectivity index is 2.48. The van der Waals surface area contributed by atoms with Gasteiger partial charge in [0, 0.05) is 0 Å². The number of guanidine groups is 1. The first-order chi connectivity index (χ1) is 9.63. The van der Waals surface area contributed by atoms with Crippen LogP contribution in [0.3, 0.4) is 0 Å². The van der Waals surface area contributed by atoms with Crippen LogP contribution in [0.25, 0.3) is 0 Å². The summed E-state index contributed by atoms with van der Waals surface area (Å²) in [6.07, 6.45) is 7.72. The molecule has 1 aromatic carbocycles. The van der Waals surface area contributed by atoms with Crippen LogP contribution in [0.1, 0.15) is 57.1 Å². The predicted molar refractivity (Wildman–Crippen MR) is 86.9 cm³/mol. The van der Waals surface area contributed by atoms with Gasteiger partial charge < -0.3 is 11.5 Å². The lowest BCUT2D eigenvalue weighted by Gasteiger charge is -2.04. The number of unbranched alkanes of at least 4 members (excludes halogenated alkanes) is 4. The van der Waals surface area contributed by atoms with Gasteiger partial charge in [0.1, 0.15) is 0 Å². The lowest BCUT2D eigenvalue weighted by Crippen LogP contribution is -2.22. The minimum Gasteiger partial charge on any atom is -0.369 e. The second kappa shape index (κ2) is 9.13. The van der Waals surface area contributed by atoms with Crippen molar-refractivity contribution in [3.05, 3.63) is 35.4 Å². The predicted octanol–water partition coefficient (Wildman–Crippen LogP) is 3.20. The second-order valence-corrected chi connectivity index (χ2v) is 5.07. The summed E-state index contributed by atoms with van der Waals surface area (Å²) in [6.45, 7) is 4.14. The minimum absolute atomic E-state index is 0.0203. The van der Waals surface area contributed by atoms with E-state index in [0.29, 0.717) is 0 Å². The minimum atomic E-state index is -0.0203. The fraction of sp³-hybridized carbons (Fsp3) is 0.500. The lowest BCUT2D eigenvalue weighted by atomic mass is 10.0. The molecule has 0 spiro atoms. The highest BCUT2D eigenvalue weighted by atomic mass is 15.3. The lowest BCUT2D eigenvalue weighted by molar-refractivity contribution is 0.632. The van der Waals surface area contributed by atoms with E-state index in [4.69, 9.17) is 11.5 Å². The Kier molecular flexibility index (Phi) is 7.40. The van der Waals surface area contributed by atoms with E-state index in [1.54, 1.807) is 0 Å². The summed E-state index contributed by atoms with van der Waals surface area (Å²) in [5, 5.41) is 7.64. The average molecular weight is 274 g/mol. The van der Waals surface area contributed by atoms with E-state index in [9.17, 15) is 0 Å². The van der Waals surface area contributed by atoms with Gasteiger partial charge in [-0.2, -0.15) is 5.10 Å². The molecule has 0 bridgehead atoms. The molecule has 1 aromatic rings. The number of rotatable bonds is 8. The monoisotopic (exact) mass is 274 g/mol. The van der Waals surface area contributed by atoms with Crippen LogP contribution < -0.4 is 11.5 Å². The zero-order valence-corrected chi connectivity index (χ0v) is 12.6. The van der Waals surface area contributed by atoms with Crippen LogP contribution in [-0.4, -0.2) is 11.7 Å². The van der Waals surface area contributed by atoms with Gasteiger partial charge in [0.05, 0.1) is 5.71 Å². The Morgan fingerprint density at radius 1 is 0.950 bits per heavy atom. The first-order valence-corrected chi connectivity index (χ1v) is 7.36. The molecule has 0 saturated carbocycles. The van der Waals surface area contributed by atoms with E-state index < -0.39 is 0 Å². The van der Waals surface area contributed by atoms with Gasteiger partial charge in [-0.3, -0.25) is 0 Å². The number of hydrogen-bond acceptors (Lipinski definition) is 2. The first-order valence-electron chi connectivity index (χ1n) is 7.36. The van der Waals surface area contributed by atoms with Crippen LogP contribution in [0.15, 0.2) is 34.5 Å². The highest BCUT2D eigenvalue weighted by molar-refractivity contribution is 5.99. The third kappa shape index (κ3) is 6.36. The fourth-order valence-electron chi connectivity index (χ4n) is 2.04. The maximum absolute atomic E-state index is 5.25. The molecule has 0 radical (unpaired) electrons. The summed E-state index contributed by atoms with van der Waals surface area (Å²) in [5.74, 6) is -0.0203. The van der Waals surface area contributed by atoms with Crippen molar-refractivity contribution in [2.24, 2.45) is 21.7 Å². The van der Waals surface area contributed by atoms with Crippen LogP contribution in [0, 0.1) is 0 Å². The molecule has 1 rings (SSSR count). The van der Waals surface area contributed by atoms with E-state index in [1.807, 2.05) is 6.92 Å². The van der Waals surface area contributed by atoms with Crippen LogP contribution in [0.4, 0.5) is 0 Å². The third-order valence-electron chi connectivity index (χ3n) is 3.26. The zero-order valence-electron chi connectivity index (χ0n) is 12.6. The largest absolute Gasteiger partial charge is 0.369 e. The van der Waals surface area contributed by atoms with Crippen molar-refractivity contribution in [1.82, 2.24) is 0 Å². The summed E-state index contributed by atoms with van der Waals surface area (Å²) in [4.78, 5) is 0. The van der Waals surface area contributed by atoms with Crippen molar-refractivity contribution < 1.29 is 0 Å². The molecule has 4 heteroatoms. The summed E-state index contributed by atoms with van der Waals surface area (Å²) >= 11 is 0. The van der Waals surface area contributed by atoms with Crippen molar-refractivity contribution in [2.75, 3.05) is 0 Å². The zero-order chi connectivity index (χ0) is 14.8. The number of nitrogens with two attached hydrogens (primary N) is 2. The Bertz CT molecular complexity index is 442. The Morgan fingerprint density at radius 2 is 1.60 bits per heavy atom. The molecule has 0 aromatic heterocycles. The molecule has 0 saturated heterocycles. The molecule has 0 aliphatic rings. The number of aryl methyl sites for hydroxylation is 1. The maximum Gasteiger partial charge on any atom is 0.211 e. The van der Waals surface area contributed by atoms with Gasteiger partial charge in [-0.05, 0) is 30.9 Å². The molecule has 0 unspecified atom stereocenters. The van der Waals surface area contributed by atoms with E-state index in [-0.39, 0.29) is 5.96 Å². The Morgan fingerprint density at radius 3 is 2.20 bits per heavy atom. The molecule has 110 valence electrons. The Labute approximate surface area is 122 Å².